The first-order chi connectivity index (χ1) is 10.2. The molecule has 0 aromatic carbocycles. The molecular weight excluding hydrogens is 322 g/mol. The number of thiazole rings is 1. The minimum Gasteiger partial charge on any atom is -0.333 e. The Hall–Kier alpha value is -1.83. The van der Waals surface area contributed by atoms with E-state index in [-0.39, 0.29) is 12.4 Å². The van der Waals surface area contributed by atoms with E-state index < -0.39 is 5.54 Å². The minimum absolute atomic E-state index is 0. The smallest absolute Gasteiger partial charge is 0.269 e. The van der Waals surface area contributed by atoms with Crippen LogP contribution in [-0.2, 0) is 5.54 Å². The molecule has 0 amide bonds. The van der Waals surface area contributed by atoms with Gasteiger partial charge in [0.25, 0.3) is 5.89 Å². The van der Waals surface area contributed by atoms with Crippen molar-refractivity contribution in [2.45, 2.75) is 24.8 Å². The van der Waals surface area contributed by atoms with Crippen molar-refractivity contribution in [3.8, 4) is 21.3 Å². The van der Waals surface area contributed by atoms with Gasteiger partial charge in [0.05, 0.1) is 11.7 Å². The number of rotatable bonds is 3. The van der Waals surface area contributed by atoms with Crippen LogP contribution in [0.25, 0.3) is 21.3 Å². The Balaban J connectivity index is 0.00000144. The van der Waals surface area contributed by atoms with E-state index in [0.29, 0.717) is 11.7 Å². The van der Waals surface area contributed by atoms with E-state index in [2.05, 4.69) is 20.1 Å². The van der Waals surface area contributed by atoms with Crippen molar-refractivity contribution in [3.63, 3.8) is 0 Å². The SMILES string of the molecule is Cl.NC1(c2noc(-c3cnc(-c4ccncc4)s3)n2)CCC1. The first-order valence-electron chi connectivity index (χ1n) is 6.74. The molecule has 3 aromatic heterocycles. The number of nitrogens with zero attached hydrogens (tertiary/aromatic N) is 4. The second-order valence-corrected chi connectivity index (χ2v) is 6.23. The maximum atomic E-state index is 6.21. The van der Waals surface area contributed by atoms with Gasteiger partial charge in [0.1, 0.15) is 9.88 Å². The quantitative estimate of drug-likeness (QED) is 0.791. The fourth-order valence-corrected chi connectivity index (χ4v) is 3.15. The monoisotopic (exact) mass is 335 g/mol. The van der Waals surface area contributed by atoms with Crippen molar-refractivity contribution in [3.05, 3.63) is 36.5 Å². The Morgan fingerprint density at radius 3 is 2.68 bits per heavy atom. The molecule has 1 saturated carbocycles. The van der Waals surface area contributed by atoms with Crippen LogP contribution in [0.3, 0.4) is 0 Å². The summed E-state index contributed by atoms with van der Waals surface area (Å²) < 4.78 is 5.34. The lowest BCUT2D eigenvalue weighted by atomic mass is 9.77. The highest BCUT2D eigenvalue weighted by Crippen LogP contribution is 2.38. The molecule has 6 nitrogen and oxygen atoms in total. The summed E-state index contributed by atoms with van der Waals surface area (Å²) in [5.41, 5.74) is 6.83. The van der Waals surface area contributed by atoms with Gasteiger partial charge in [-0.3, -0.25) is 4.98 Å². The van der Waals surface area contributed by atoms with Gasteiger partial charge in [-0.15, -0.1) is 23.7 Å². The van der Waals surface area contributed by atoms with Crippen molar-refractivity contribution in [1.82, 2.24) is 20.1 Å². The normalized spacial score (nSPS) is 15.9. The Morgan fingerprint density at radius 2 is 2.00 bits per heavy atom. The number of aromatic nitrogens is 4. The van der Waals surface area contributed by atoms with E-state index >= 15 is 0 Å². The molecule has 0 unspecified atom stereocenters. The van der Waals surface area contributed by atoms with Crippen LogP contribution in [0.5, 0.6) is 0 Å². The zero-order valence-corrected chi connectivity index (χ0v) is 13.2. The predicted molar refractivity (Wildman–Crippen MR) is 85.6 cm³/mol. The zero-order chi connectivity index (χ0) is 14.3. The molecule has 1 aliphatic carbocycles. The van der Waals surface area contributed by atoms with E-state index in [4.69, 9.17) is 10.3 Å². The minimum atomic E-state index is -0.402. The standard InChI is InChI=1S/C14H13N5OS.ClH/c15-14(4-1-5-14)13-18-11(20-19-13)10-8-17-12(21-10)9-2-6-16-7-3-9;/h2-3,6-8H,1,4-5,15H2;1H. The molecule has 4 rings (SSSR count). The second-order valence-electron chi connectivity index (χ2n) is 5.20. The lowest BCUT2D eigenvalue weighted by Gasteiger charge is -2.34. The molecule has 1 aliphatic rings. The first-order valence-corrected chi connectivity index (χ1v) is 7.56. The largest absolute Gasteiger partial charge is 0.333 e. The van der Waals surface area contributed by atoms with Gasteiger partial charge >= 0.3 is 0 Å². The molecule has 3 aromatic rings. The van der Waals surface area contributed by atoms with Crippen LogP contribution in [0.15, 0.2) is 35.2 Å². The van der Waals surface area contributed by atoms with Gasteiger partial charge in [-0.1, -0.05) is 5.16 Å². The Kier molecular flexibility index (Phi) is 3.94. The van der Waals surface area contributed by atoms with E-state index in [9.17, 15) is 0 Å². The molecule has 0 aliphatic heterocycles. The van der Waals surface area contributed by atoms with Crippen molar-refractivity contribution in [2.24, 2.45) is 5.73 Å². The molecule has 8 heteroatoms. The second kappa shape index (κ2) is 5.75. The third-order valence-corrected chi connectivity index (χ3v) is 4.80. The van der Waals surface area contributed by atoms with Gasteiger partial charge in [0, 0.05) is 18.0 Å². The Labute approximate surface area is 137 Å². The van der Waals surface area contributed by atoms with Crippen molar-refractivity contribution >= 4 is 23.7 Å². The van der Waals surface area contributed by atoms with Crippen LogP contribution in [0.2, 0.25) is 0 Å². The van der Waals surface area contributed by atoms with Gasteiger partial charge in [0.2, 0.25) is 0 Å². The summed E-state index contributed by atoms with van der Waals surface area (Å²) in [6.45, 7) is 0. The fourth-order valence-electron chi connectivity index (χ4n) is 2.31. The molecule has 114 valence electrons. The summed E-state index contributed by atoms with van der Waals surface area (Å²) in [5.74, 6) is 1.09. The van der Waals surface area contributed by atoms with Gasteiger partial charge < -0.3 is 10.3 Å². The van der Waals surface area contributed by atoms with E-state index in [1.165, 1.54) is 11.3 Å². The van der Waals surface area contributed by atoms with E-state index in [1.807, 2.05) is 12.1 Å². The van der Waals surface area contributed by atoms with Crippen molar-refractivity contribution in [1.29, 1.82) is 0 Å². The topological polar surface area (TPSA) is 90.7 Å². The molecule has 0 bridgehead atoms. The summed E-state index contributed by atoms with van der Waals surface area (Å²) in [6, 6.07) is 3.84. The highest BCUT2D eigenvalue weighted by molar-refractivity contribution is 7.18. The summed E-state index contributed by atoms with van der Waals surface area (Å²) in [4.78, 5) is 13.7. The van der Waals surface area contributed by atoms with E-state index in [0.717, 1.165) is 34.7 Å². The third kappa shape index (κ3) is 2.51. The molecular formula is C14H14ClN5OS. The van der Waals surface area contributed by atoms with Gasteiger partial charge in [-0.2, -0.15) is 4.98 Å². The summed E-state index contributed by atoms with van der Waals surface area (Å²) >= 11 is 1.51. The highest BCUT2D eigenvalue weighted by Gasteiger charge is 2.39. The maximum absolute atomic E-state index is 6.21. The molecule has 0 spiro atoms. The predicted octanol–water partition coefficient (Wildman–Crippen LogP) is 3.01. The Morgan fingerprint density at radius 1 is 1.23 bits per heavy atom. The number of hydrogen-bond donors (Lipinski definition) is 1. The fraction of sp³-hybridized carbons (Fsp3) is 0.286. The summed E-state index contributed by atoms with van der Waals surface area (Å²) in [5, 5.41) is 4.93. The average molecular weight is 336 g/mol. The average Bonchev–Trinajstić information content (AvgIpc) is 3.14. The van der Waals surface area contributed by atoms with Gasteiger partial charge in [-0.05, 0) is 31.4 Å². The number of pyridine rings is 1. The zero-order valence-electron chi connectivity index (χ0n) is 11.6. The summed E-state index contributed by atoms with van der Waals surface area (Å²) in [6.07, 6.45) is 8.19. The number of hydrogen-bond acceptors (Lipinski definition) is 7. The van der Waals surface area contributed by atoms with Crippen LogP contribution in [0.4, 0.5) is 0 Å². The molecule has 22 heavy (non-hydrogen) atoms. The lowest BCUT2D eigenvalue weighted by Crippen LogP contribution is -2.44. The van der Waals surface area contributed by atoms with Gasteiger partial charge in [0.15, 0.2) is 5.82 Å². The van der Waals surface area contributed by atoms with Crippen LogP contribution < -0.4 is 5.73 Å². The molecule has 0 radical (unpaired) electrons. The van der Waals surface area contributed by atoms with Crippen LogP contribution in [0, 0.1) is 0 Å². The van der Waals surface area contributed by atoms with Crippen molar-refractivity contribution < 1.29 is 4.52 Å². The number of halogens is 1. The maximum Gasteiger partial charge on any atom is 0.269 e. The van der Waals surface area contributed by atoms with Crippen LogP contribution in [-0.4, -0.2) is 20.1 Å². The molecule has 0 atom stereocenters. The van der Waals surface area contributed by atoms with Crippen LogP contribution >= 0.6 is 23.7 Å². The molecule has 0 saturated heterocycles. The third-order valence-electron chi connectivity index (χ3n) is 3.76. The van der Waals surface area contributed by atoms with E-state index in [1.54, 1.807) is 18.6 Å². The summed E-state index contributed by atoms with van der Waals surface area (Å²) in [7, 11) is 0. The molecule has 3 heterocycles. The highest BCUT2D eigenvalue weighted by atomic mass is 35.5. The van der Waals surface area contributed by atoms with Crippen LogP contribution in [0.1, 0.15) is 25.1 Å². The van der Waals surface area contributed by atoms with Gasteiger partial charge in [-0.25, -0.2) is 4.98 Å². The molecule has 1 fully saturated rings. The Bertz CT molecular complexity index is 768. The van der Waals surface area contributed by atoms with Crippen molar-refractivity contribution in [2.75, 3.05) is 0 Å². The molecule has 2 N–H and O–H groups in total. The number of nitrogens with two attached hydrogens (primary N) is 1. The first kappa shape index (κ1) is 15.1. The lowest BCUT2D eigenvalue weighted by molar-refractivity contribution is 0.229.